The van der Waals surface area contributed by atoms with Crippen molar-refractivity contribution in [2.75, 3.05) is 19.8 Å². The van der Waals surface area contributed by atoms with E-state index in [1.54, 1.807) is 0 Å². The summed E-state index contributed by atoms with van der Waals surface area (Å²) in [5.74, 6) is -1.44. The molecule has 0 unspecified atom stereocenters. The molecule has 13 nitrogen and oxygen atoms in total. The molecule has 2 aliphatic rings. The van der Waals surface area contributed by atoms with Gasteiger partial charge in [-0.25, -0.2) is 0 Å². The Bertz CT molecular complexity index is 651. The highest BCUT2D eigenvalue weighted by Crippen LogP contribution is 2.31. The molecule has 2 saturated heterocycles. The maximum atomic E-state index is 11.6. The summed E-state index contributed by atoms with van der Waals surface area (Å²) in [5.41, 5.74) is 5.46. The fourth-order valence-corrected chi connectivity index (χ4v) is 3.90. The smallest absolute Gasteiger partial charge is 0.303 e. The Morgan fingerprint density at radius 3 is 2.09 bits per heavy atom. The van der Waals surface area contributed by atoms with Crippen LogP contribution in [0.2, 0.25) is 0 Å². The third-order valence-corrected chi connectivity index (χ3v) is 5.60. The lowest BCUT2D eigenvalue weighted by Gasteiger charge is -2.46. The van der Waals surface area contributed by atoms with Gasteiger partial charge in [0.2, 0.25) is 0 Å². The SMILES string of the molecule is CC(=O)O[C@H]1[C@H](O[C@@H]2[C@@H](O)[C@H](OCCCCCN)O[C@H](CO)[C@H]2O)O[C@@H](C)[C@@H](OC(C)=O)[C@H]1O. The average Bonchev–Trinajstić information content (AvgIpc) is 2.77. The van der Waals surface area contributed by atoms with E-state index in [4.69, 9.17) is 34.2 Å². The molecule has 0 amide bonds. The van der Waals surface area contributed by atoms with Crippen molar-refractivity contribution < 1.29 is 58.4 Å². The summed E-state index contributed by atoms with van der Waals surface area (Å²) in [5, 5.41) is 41.8. The predicted octanol–water partition coefficient (Wildman–Crippen LogP) is -2.07. The molecule has 34 heavy (non-hydrogen) atoms. The molecule has 10 atom stereocenters. The molecule has 0 radical (unpaired) electrons. The molecule has 0 bridgehead atoms. The second-order valence-corrected chi connectivity index (χ2v) is 8.38. The quantitative estimate of drug-likeness (QED) is 0.155. The molecular formula is C21H37NO12. The van der Waals surface area contributed by atoms with Crippen LogP contribution >= 0.6 is 0 Å². The van der Waals surface area contributed by atoms with Gasteiger partial charge in [0, 0.05) is 20.5 Å². The van der Waals surface area contributed by atoms with E-state index in [0.717, 1.165) is 26.7 Å². The van der Waals surface area contributed by atoms with Crippen LogP contribution in [0.4, 0.5) is 0 Å². The molecule has 0 aromatic heterocycles. The zero-order valence-corrected chi connectivity index (χ0v) is 19.6. The van der Waals surface area contributed by atoms with E-state index in [2.05, 4.69) is 0 Å². The minimum absolute atomic E-state index is 0.235. The number of aliphatic hydroxyl groups is 4. The Morgan fingerprint density at radius 2 is 1.50 bits per heavy atom. The van der Waals surface area contributed by atoms with E-state index in [0.29, 0.717) is 13.0 Å². The maximum absolute atomic E-state index is 11.6. The lowest BCUT2D eigenvalue weighted by Crippen LogP contribution is -2.65. The number of carbonyl (C=O) groups is 2. The van der Waals surface area contributed by atoms with E-state index < -0.39 is 80.0 Å². The number of rotatable bonds is 11. The molecule has 0 spiro atoms. The third kappa shape index (κ3) is 7.54. The van der Waals surface area contributed by atoms with Gasteiger partial charge in [0.15, 0.2) is 24.8 Å². The van der Waals surface area contributed by atoms with Gasteiger partial charge < -0.3 is 54.6 Å². The van der Waals surface area contributed by atoms with E-state index in [1.165, 1.54) is 6.92 Å². The molecule has 6 N–H and O–H groups in total. The van der Waals surface area contributed by atoms with Crippen molar-refractivity contribution in [1.82, 2.24) is 0 Å². The van der Waals surface area contributed by atoms with Crippen molar-refractivity contribution in [2.45, 2.75) is 101 Å². The first-order valence-corrected chi connectivity index (χ1v) is 11.4. The van der Waals surface area contributed by atoms with Gasteiger partial charge in [-0.3, -0.25) is 9.59 Å². The van der Waals surface area contributed by atoms with Gasteiger partial charge in [-0.2, -0.15) is 0 Å². The Hall–Kier alpha value is -1.42. The molecule has 0 aliphatic carbocycles. The fourth-order valence-electron chi connectivity index (χ4n) is 3.90. The summed E-state index contributed by atoms with van der Waals surface area (Å²) < 4.78 is 32.8. The zero-order chi connectivity index (χ0) is 25.4. The topological polar surface area (TPSA) is 196 Å². The van der Waals surface area contributed by atoms with Crippen LogP contribution in [0.5, 0.6) is 0 Å². The molecular weight excluding hydrogens is 458 g/mol. The molecule has 2 fully saturated rings. The van der Waals surface area contributed by atoms with Gasteiger partial charge >= 0.3 is 11.9 Å². The average molecular weight is 496 g/mol. The normalized spacial score (nSPS) is 38.4. The molecule has 13 heteroatoms. The van der Waals surface area contributed by atoms with Crippen LogP contribution < -0.4 is 5.73 Å². The minimum Gasteiger partial charge on any atom is -0.457 e. The monoisotopic (exact) mass is 495 g/mol. The number of carbonyl (C=O) groups excluding carboxylic acids is 2. The number of nitrogens with two attached hydrogens (primary N) is 1. The number of hydrogen-bond acceptors (Lipinski definition) is 13. The molecule has 0 saturated carbocycles. The summed E-state index contributed by atoms with van der Waals surface area (Å²) in [7, 11) is 0. The van der Waals surface area contributed by atoms with Gasteiger partial charge in [-0.15, -0.1) is 0 Å². The number of ether oxygens (including phenoxy) is 6. The van der Waals surface area contributed by atoms with Crippen molar-refractivity contribution in [3.63, 3.8) is 0 Å². The van der Waals surface area contributed by atoms with Crippen molar-refractivity contribution in [1.29, 1.82) is 0 Å². The summed E-state index contributed by atoms with van der Waals surface area (Å²) >= 11 is 0. The van der Waals surface area contributed by atoms with Crippen LogP contribution in [0.3, 0.4) is 0 Å². The van der Waals surface area contributed by atoms with Gasteiger partial charge in [0.25, 0.3) is 0 Å². The molecule has 2 rings (SSSR count). The summed E-state index contributed by atoms with van der Waals surface area (Å²) in [4.78, 5) is 23.1. The van der Waals surface area contributed by atoms with Gasteiger partial charge in [0.05, 0.1) is 12.7 Å². The Balaban J connectivity index is 2.16. The highest BCUT2D eigenvalue weighted by Gasteiger charge is 2.52. The number of aliphatic hydroxyl groups excluding tert-OH is 4. The van der Waals surface area contributed by atoms with Crippen LogP contribution in [0.25, 0.3) is 0 Å². The molecule has 2 aliphatic heterocycles. The molecule has 2 heterocycles. The Labute approximate surface area is 198 Å². The van der Waals surface area contributed by atoms with E-state index in [-0.39, 0.29) is 6.61 Å². The Morgan fingerprint density at radius 1 is 0.853 bits per heavy atom. The summed E-state index contributed by atoms with van der Waals surface area (Å²) in [6.45, 7) is 3.97. The third-order valence-electron chi connectivity index (χ3n) is 5.60. The van der Waals surface area contributed by atoms with Crippen LogP contribution in [0, 0.1) is 0 Å². The second-order valence-electron chi connectivity index (χ2n) is 8.38. The van der Waals surface area contributed by atoms with E-state index in [1.807, 2.05) is 0 Å². The predicted molar refractivity (Wildman–Crippen MR) is 113 cm³/mol. The van der Waals surface area contributed by atoms with Crippen molar-refractivity contribution in [3.05, 3.63) is 0 Å². The first-order valence-electron chi connectivity index (χ1n) is 11.4. The standard InChI is InChI=1S/C21H37NO12/c1-10-17(31-11(2)24)15(27)19(32-12(3)25)21(30-10)34-18-14(26)13(9-23)33-20(16(18)28)29-8-6-4-5-7-22/h10,13-21,23,26-28H,4-9,22H2,1-3H3/t10-,13+,14+,15+,16+,17+,18-,19+,20+,21-/m0/s1. The first-order chi connectivity index (χ1) is 16.1. The highest BCUT2D eigenvalue weighted by atomic mass is 16.7. The van der Waals surface area contributed by atoms with Crippen LogP contribution in [-0.2, 0) is 38.0 Å². The van der Waals surface area contributed by atoms with Crippen LogP contribution in [-0.4, -0.2) is 114 Å². The largest absolute Gasteiger partial charge is 0.457 e. The highest BCUT2D eigenvalue weighted by molar-refractivity contribution is 5.67. The number of unbranched alkanes of at least 4 members (excludes halogenated alkanes) is 2. The second kappa shape index (κ2) is 13.6. The summed E-state index contributed by atoms with van der Waals surface area (Å²) in [6.07, 6.45) is -10.9. The maximum Gasteiger partial charge on any atom is 0.303 e. The van der Waals surface area contributed by atoms with E-state index in [9.17, 15) is 30.0 Å². The molecule has 0 aromatic carbocycles. The number of hydrogen-bond donors (Lipinski definition) is 5. The first kappa shape index (κ1) is 28.8. The van der Waals surface area contributed by atoms with Gasteiger partial charge in [0.1, 0.15) is 30.5 Å². The van der Waals surface area contributed by atoms with E-state index >= 15 is 0 Å². The van der Waals surface area contributed by atoms with Crippen LogP contribution in [0.1, 0.15) is 40.0 Å². The number of esters is 2. The fraction of sp³-hybridized carbons (Fsp3) is 0.905. The van der Waals surface area contributed by atoms with Crippen molar-refractivity contribution in [3.8, 4) is 0 Å². The van der Waals surface area contributed by atoms with Crippen LogP contribution in [0.15, 0.2) is 0 Å². The van der Waals surface area contributed by atoms with Gasteiger partial charge in [-0.05, 0) is 32.7 Å². The lowest BCUT2D eigenvalue weighted by atomic mass is 9.97. The van der Waals surface area contributed by atoms with Gasteiger partial charge in [-0.1, -0.05) is 0 Å². The van der Waals surface area contributed by atoms with Crippen molar-refractivity contribution >= 4 is 11.9 Å². The lowest BCUT2D eigenvalue weighted by molar-refractivity contribution is -0.358. The zero-order valence-electron chi connectivity index (χ0n) is 19.6. The molecule has 198 valence electrons. The summed E-state index contributed by atoms with van der Waals surface area (Å²) in [6, 6.07) is 0. The minimum atomic E-state index is -1.51. The molecule has 0 aromatic rings. The Kier molecular flexibility index (Phi) is 11.5. The van der Waals surface area contributed by atoms with Crippen molar-refractivity contribution in [2.24, 2.45) is 5.73 Å².